The molecule has 5 atom stereocenters. The fourth-order valence-electron chi connectivity index (χ4n) is 4.49. The van der Waals surface area contributed by atoms with Crippen molar-refractivity contribution < 1.29 is 0 Å². The molecule has 0 amide bonds. The molecular weight excluding hydrogens is 256 g/mol. The number of nitriles is 1. The summed E-state index contributed by atoms with van der Waals surface area (Å²) < 4.78 is 0. The van der Waals surface area contributed by atoms with E-state index < -0.39 is 0 Å². The van der Waals surface area contributed by atoms with Gasteiger partial charge >= 0.3 is 0 Å². The lowest BCUT2D eigenvalue weighted by molar-refractivity contribution is 0.110. The molecule has 1 aliphatic carbocycles. The molecule has 1 saturated carbocycles. The van der Waals surface area contributed by atoms with Crippen LogP contribution in [0.1, 0.15) is 51.0 Å². The highest BCUT2D eigenvalue weighted by Crippen LogP contribution is 2.40. The largest absolute Gasteiger partial charge is 0.296 e. The third kappa shape index (κ3) is 2.99. The summed E-state index contributed by atoms with van der Waals surface area (Å²) in [6, 6.07) is 14.6. The van der Waals surface area contributed by atoms with Crippen molar-refractivity contribution in [3.05, 3.63) is 35.9 Å². The van der Waals surface area contributed by atoms with Gasteiger partial charge in [0, 0.05) is 18.6 Å². The minimum Gasteiger partial charge on any atom is -0.296 e. The van der Waals surface area contributed by atoms with Gasteiger partial charge in [-0.1, -0.05) is 37.3 Å². The first-order valence-corrected chi connectivity index (χ1v) is 8.39. The molecular formula is C19H26N2. The molecule has 5 unspecified atom stereocenters. The van der Waals surface area contributed by atoms with Crippen LogP contribution in [0.5, 0.6) is 0 Å². The van der Waals surface area contributed by atoms with Crippen LogP contribution in [0.25, 0.3) is 0 Å². The number of hydrogen-bond acceptors (Lipinski definition) is 2. The Morgan fingerprint density at radius 2 is 1.86 bits per heavy atom. The molecule has 0 N–H and O–H groups in total. The Labute approximate surface area is 128 Å². The van der Waals surface area contributed by atoms with E-state index in [1.165, 1.54) is 18.5 Å². The molecule has 2 nitrogen and oxygen atoms in total. The Hall–Kier alpha value is -1.33. The van der Waals surface area contributed by atoms with Crippen LogP contribution in [-0.4, -0.2) is 23.5 Å². The predicted molar refractivity (Wildman–Crippen MR) is 85.9 cm³/mol. The Morgan fingerprint density at radius 3 is 2.48 bits per heavy atom. The lowest BCUT2D eigenvalue weighted by Crippen LogP contribution is -2.45. The van der Waals surface area contributed by atoms with Gasteiger partial charge in [-0.15, -0.1) is 0 Å². The first kappa shape index (κ1) is 14.6. The molecule has 2 fully saturated rings. The molecule has 0 radical (unpaired) electrons. The number of nitrogens with zero attached hydrogens (tertiary/aromatic N) is 2. The third-order valence-electron chi connectivity index (χ3n) is 5.51. The van der Waals surface area contributed by atoms with E-state index in [9.17, 15) is 5.26 Å². The summed E-state index contributed by atoms with van der Waals surface area (Å²) >= 11 is 0. The standard InChI is InChI=1S/C19H26N2/c1-14-10-15(2)21(13-14)19-11-17(8-9-18(19)12-20)16-6-4-3-5-7-16/h3-7,14-15,17-19H,8-11,13H2,1-2H3. The molecule has 1 saturated heterocycles. The highest BCUT2D eigenvalue weighted by Gasteiger charge is 2.39. The monoisotopic (exact) mass is 282 g/mol. The number of hydrogen-bond donors (Lipinski definition) is 0. The van der Waals surface area contributed by atoms with Crippen molar-refractivity contribution in [3.63, 3.8) is 0 Å². The molecule has 1 heterocycles. The lowest BCUT2D eigenvalue weighted by atomic mass is 9.75. The lowest BCUT2D eigenvalue weighted by Gasteiger charge is -2.40. The van der Waals surface area contributed by atoms with Gasteiger partial charge < -0.3 is 0 Å². The van der Waals surface area contributed by atoms with Crippen LogP contribution < -0.4 is 0 Å². The smallest absolute Gasteiger partial charge is 0.0672 e. The first-order valence-electron chi connectivity index (χ1n) is 8.39. The van der Waals surface area contributed by atoms with Crippen LogP contribution >= 0.6 is 0 Å². The molecule has 2 aliphatic rings. The van der Waals surface area contributed by atoms with Crippen molar-refractivity contribution in [2.45, 2.75) is 57.5 Å². The maximum atomic E-state index is 9.55. The minimum atomic E-state index is 0.220. The molecule has 1 aliphatic heterocycles. The van der Waals surface area contributed by atoms with E-state index in [1.54, 1.807) is 0 Å². The van der Waals surface area contributed by atoms with Crippen LogP contribution in [0.4, 0.5) is 0 Å². The highest BCUT2D eigenvalue weighted by molar-refractivity contribution is 5.21. The van der Waals surface area contributed by atoms with Gasteiger partial charge in [0.2, 0.25) is 0 Å². The zero-order valence-electron chi connectivity index (χ0n) is 13.2. The van der Waals surface area contributed by atoms with E-state index in [1.807, 2.05) is 0 Å². The van der Waals surface area contributed by atoms with Crippen LogP contribution in [0.2, 0.25) is 0 Å². The molecule has 1 aromatic carbocycles. The van der Waals surface area contributed by atoms with Crippen LogP contribution in [-0.2, 0) is 0 Å². The zero-order valence-corrected chi connectivity index (χ0v) is 13.2. The van der Waals surface area contributed by atoms with Gasteiger partial charge in [-0.3, -0.25) is 4.90 Å². The summed E-state index contributed by atoms with van der Waals surface area (Å²) in [7, 11) is 0. The van der Waals surface area contributed by atoms with E-state index >= 15 is 0 Å². The number of rotatable bonds is 2. The molecule has 2 heteroatoms. The van der Waals surface area contributed by atoms with Gasteiger partial charge in [-0.25, -0.2) is 0 Å². The predicted octanol–water partition coefficient (Wildman–Crippen LogP) is 4.19. The van der Waals surface area contributed by atoms with Crippen molar-refractivity contribution in [1.29, 1.82) is 5.26 Å². The highest BCUT2D eigenvalue weighted by atomic mass is 15.2. The summed E-state index contributed by atoms with van der Waals surface area (Å²) in [5.74, 6) is 1.62. The fourth-order valence-corrected chi connectivity index (χ4v) is 4.49. The summed E-state index contributed by atoms with van der Waals surface area (Å²) in [5, 5.41) is 9.55. The molecule has 3 rings (SSSR count). The molecule has 112 valence electrons. The normalized spacial score (nSPS) is 37.3. The quantitative estimate of drug-likeness (QED) is 0.813. The average molecular weight is 282 g/mol. The summed E-state index contributed by atoms with van der Waals surface area (Å²) in [6.45, 7) is 5.85. The SMILES string of the molecule is CC1CC(C)N(C2CC(c3ccccc3)CCC2C#N)C1. The van der Waals surface area contributed by atoms with Crippen molar-refractivity contribution in [1.82, 2.24) is 4.90 Å². The van der Waals surface area contributed by atoms with Gasteiger partial charge in [0.05, 0.1) is 12.0 Å². The van der Waals surface area contributed by atoms with E-state index in [4.69, 9.17) is 0 Å². The van der Waals surface area contributed by atoms with Gasteiger partial charge in [-0.05, 0) is 50.0 Å². The maximum Gasteiger partial charge on any atom is 0.0672 e. The van der Waals surface area contributed by atoms with Crippen LogP contribution in [0.3, 0.4) is 0 Å². The van der Waals surface area contributed by atoms with E-state index in [-0.39, 0.29) is 5.92 Å². The second-order valence-corrected chi connectivity index (χ2v) is 7.11. The van der Waals surface area contributed by atoms with Crippen molar-refractivity contribution >= 4 is 0 Å². The minimum absolute atomic E-state index is 0.220. The third-order valence-corrected chi connectivity index (χ3v) is 5.51. The Bertz CT molecular complexity index is 504. The van der Waals surface area contributed by atoms with Gasteiger partial charge in [0.1, 0.15) is 0 Å². The second kappa shape index (κ2) is 6.20. The second-order valence-electron chi connectivity index (χ2n) is 7.11. The summed E-state index contributed by atoms with van der Waals surface area (Å²) in [4.78, 5) is 2.63. The van der Waals surface area contributed by atoms with E-state index in [2.05, 4.69) is 55.1 Å². The van der Waals surface area contributed by atoms with E-state index in [0.717, 1.165) is 25.2 Å². The molecule has 1 aromatic rings. The Kier molecular flexibility index (Phi) is 4.31. The molecule has 0 spiro atoms. The fraction of sp³-hybridized carbons (Fsp3) is 0.632. The average Bonchev–Trinajstić information content (AvgIpc) is 2.86. The summed E-state index contributed by atoms with van der Waals surface area (Å²) in [6.07, 6.45) is 4.65. The van der Waals surface area contributed by atoms with Crippen molar-refractivity contribution in [2.75, 3.05) is 6.54 Å². The Morgan fingerprint density at radius 1 is 1.10 bits per heavy atom. The van der Waals surface area contributed by atoms with Crippen molar-refractivity contribution in [2.24, 2.45) is 11.8 Å². The molecule has 0 aromatic heterocycles. The van der Waals surface area contributed by atoms with Gasteiger partial charge in [-0.2, -0.15) is 5.26 Å². The zero-order chi connectivity index (χ0) is 14.8. The van der Waals surface area contributed by atoms with Crippen molar-refractivity contribution in [3.8, 4) is 6.07 Å². The molecule has 21 heavy (non-hydrogen) atoms. The van der Waals surface area contributed by atoms with Gasteiger partial charge in [0.25, 0.3) is 0 Å². The van der Waals surface area contributed by atoms with E-state index in [0.29, 0.717) is 18.0 Å². The first-order chi connectivity index (χ1) is 10.2. The summed E-state index contributed by atoms with van der Waals surface area (Å²) in [5.41, 5.74) is 1.46. The van der Waals surface area contributed by atoms with Crippen LogP contribution in [0, 0.1) is 23.2 Å². The Balaban J connectivity index is 1.78. The van der Waals surface area contributed by atoms with Gasteiger partial charge in [0.15, 0.2) is 0 Å². The number of benzene rings is 1. The topological polar surface area (TPSA) is 27.0 Å². The number of likely N-dealkylation sites (tertiary alicyclic amines) is 1. The maximum absolute atomic E-state index is 9.55. The molecule has 0 bridgehead atoms. The van der Waals surface area contributed by atoms with Crippen LogP contribution in [0.15, 0.2) is 30.3 Å².